The van der Waals surface area contributed by atoms with E-state index in [4.69, 9.17) is 4.74 Å². The first-order valence-electron chi connectivity index (χ1n) is 7.45. The van der Waals surface area contributed by atoms with E-state index in [9.17, 15) is 4.79 Å². The van der Waals surface area contributed by atoms with Crippen LogP contribution in [-0.4, -0.2) is 31.1 Å². The molecule has 1 aromatic heterocycles. The highest BCUT2D eigenvalue weighted by molar-refractivity contribution is 5.92. The molecule has 0 fully saturated rings. The van der Waals surface area contributed by atoms with Crippen molar-refractivity contribution < 1.29 is 9.53 Å². The maximum Gasteiger partial charge on any atom is 0.270 e. The van der Waals surface area contributed by atoms with Crippen molar-refractivity contribution >= 4 is 11.6 Å². The number of nitrogens with one attached hydrogen (secondary N) is 2. The van der Waals surface area contributed by atoms with Gasteiger partial charge in [0.25, 0.3) is 5.91 Å². The van der Waals surface area contributed by atoms with Crippen LogP contribution in [0.1, 0.15) is 16.1 Å². The SMILES string of the molecule is C=CCNC(=O)c1ccc(NCCc2cccc(OC)c2)cn1. The van der Waals surface area contributed by atoms with E-state index >= 15 is 0 Å². The van der Waals surface area contributed by atoms with Gasteiger partial charge in [-0.3, -0.25) is 4.79 Å². The van der Waals surface area contributed by atoms with E-state index in [-0.39, 0.29) is 5.91 Å². The number of pyridine rings is 1. The number of carbonyl (C=O) groups excluding carboxylic acids is 1. The van der Waals surface area contributed by atoms with Gasteiger partial charge < -0.3 is 15.4 Å². The van der Waals surface area contributed by atoms with Crippen molar-refractivity contribution in [2.45, 2.75) is 6.42 Å². The zero-order valence-corrected chi connectivity index (χ0v) is 13.2. The predicted octanol–water partition coefficient (Wildman–Crippen LogP) is 2.66. The molecular formula is C18H21N3O2. The fourth-order valence-corrected chi connectivity index (χ4v) is 2.07. The molecule has 2 N–H and O–H groups in total. The van der Waals surface area contributed by atoms with E-state index in [1.54, 1.807) is 25.4 Å². The number of anilines is 1. The first-order valence-corrected chi connectivity index (χ1v) is 7.45. The van der Waals surface area contributed by atoms with Crippen LogP contribution in [0.2, 0.25) is 0 Å². The van der Waals surface area contributed by atoms with Gasteiger partial charge in [-0.15, -0.1) is 6.58 Å². The third-order valence-corrected chi connectivity index (χ3v) is 3.28. The van der Waals surface area contributed by atoms with Crippen LogP contribution < -0.4 is 15.4 Å². The van der Waals surface area contributed by atoms with Crippen LogP contribution in [0, 0.1) is 0 Å². The molecule has 0 radical (unpaired) electrons. The highest BCUT2D eigenvalue weighted by atomic mass is 16.5. The smallest absolute Gasteiger partial charge is 0.270 e. The molecule has 0 saturated heterocycles. The van der Waals surface area contributed by atoms with Gasteiger partial charge in [-0.25, -0.2) is 4.98 Å². The molecule has 0 bridgehead atoms. The van der Waals surface area contributed by atoms with Crippen molar-refractivity contribution in [1.29, 1.82) is 0 Å². The average molecular weight is 311 g/mol. The Bertz CT molecular complexity index is 654. The number of rotatable bonds is 8. The van der Waals surface area contributed by atoms with Gasteiger partial charge in [0.1, 0.15) is 11.4 Å². The second kappa shape index (κ2) is 8.58. The fraction of sp³-hybridized carbons (Fsp3) is 0.222. The summed E-state index contributed by atoms with van der Waals surface area (Å²) in [5.41, 5.74) is 2.48. The number of aromatic nitrogens is 1. The van der Waals surface area contributed by atoms with E-state index < -0.39 is 0 Å². The van der Waals surface area contributed by atoms with Crippen LogP contribution in [0.4, 0.5) is 5.69 Å². The first kappa shape index (κ1) is 16.5. The summed E-state index contributed by atoms with van der Waals surface area (Å²) in [5.74, 6) is 0.659. The van der Waals surface area contributed by atoms with Crippen LogP contribution in [-0.2, 0) is 6.42 Å². The zero-order valence-electron chi connectivity index (χ0n) is 13.2. The quantitative estimate of drug-likeness (QED) is 0.736. The summed E-state index contributed by atoms with van der Waals surface area (Å²) in [6.07, 6.45) is 4.17. The summed E-state index contributed by atoms with van der Waals surface area (Å²) >= 11 is 0. The van der Waals surface area contributed by atoms with E-state index in [1.807, 2.05) is 24.3 Å². The highest BCUT2D eigenvalue weighted by Crippen LogP contribution is 2.13. The zero-order chi connectivity index (χ0) is 16.5. The van der Waals surface area contributed by atoms with E-state index in [0.29, 0.717) is 12.2 Å². The van der Waals surface area contributed by atoms with Gasteiger partial charge in [-0.05, 0) is 36.2 Å². The molecule has 0 aliphatic heterocycles. The molecule has 120 valence electrons. The van der Waals surface area contributed by atoms with Crippen LogP contribution in [0.15, 0.2) is 55.3 Å². The van der Waals surface area contributed by atoms with E-state index in [2.05, 4.69) is 28.3 Å². The molecule has 0 unspecified atom stereocenters. The third-order valence-electron chi connectivity index (χ3n) is 3.28. The number of ether oxygens (including phenoxy) is 1. The lowest BCUT2D eigenvalue weighted by Crippen LogP contribution is -2.24. The Hall–Kier alpha value is -2.82. The number of hydrogen-bond donors (Lipinski definition) is 2. The summed E-state index contributed by atoms with van der Waals surface area (Å²) in [4.78, 5) is 15.9. The Kier molecular flexibility index (Phi) is 6.17. The number of hydrogen-bond acceptors (Lipinski definition) is 4. The first-order chi connectivity index (χ1) is 11.2. The van der Waals surface area contributed by atoms with Gasteiger partial charge in [0.2, 0.25) is 0 Å². The number of benzene rings is 1. The Morgan fingerprint density at radius 2 is 2.22 bits per heavy atom. The van der Waals surface area contributed by atoms with Gasteiger partial charge in [-0.2, -0.15) is 0 Å². The van der Waals surface area contributed by atoms with Gasteiger partial charge >= 0.3 is 0 Å². The minimum Gasteiger partial charge on any atom is -0.497 e. The monoisotopic (exact) mass is 311 g/mol. The lowest BCUT2D eigenvalue weighted by atomic mass is 10.1. The largest absolute Gasteiger partial charge is 0.497 e. The van der Waals surface area contributed by atoms with Crippen LogP contribution in [0.25, 0.3) is 0 Å². The molecule has 0 atom stereocenters. The standard InChI is InChI=1S/C18H21N3O2/c1-3-10-20-18(22)17-8-7-15(13-21-17)19-11-9-14-5-4-6-16(12-14)23-2/h3-8,12-13,19H,1,9-11H2,2H3,(H,20,22). The van der Waals surface area contributed by atoms with Crippen molar-refractivity contribution in [1.82, 2.24) is 10.3 Å². The Morgan fingerprint density at radius 3 is 2.91 bits per heavy atom. The van der Waals surface area contributed by atoms with Crippen LogP contribution >= 0.6 is 0 Å². The molecule has 0 spiro atoms. The molecule has 5 heteroatoms. The van der Waals surface area contributed by atoms with Gasteiger partial charge in [0.15, 0.2) is 0 Å². The second-order valence-corrected chi connectivity index (χ2v) is 4.96. The molecule has 1 heterocycles. The molecule has 0 aliphatic carbocycles. The fourth-order valence-electron chi connectivity index (χ4n) is 2.07. The van der Waals surface area contributed by atoms with Crippen LogP contribution in [0.5, 0.6) is 5.75 Å². The topological polar surface area (TPSA) is 63.2 Å². The average Bonchev–Trinajstić information content (AvgIpc) is 2.60. The maximum atomic E-state index is 11.7. The Labute approximate surface area is 136 Å². The van der Waals surface area contributed by atoms with Crippen molar-refractivity contribution in [3.05, 3.63) is 66.5 Å². The van der Waals surface area contributed by atoms with Crippen molar-refractivity contribution in [2.24, 2.45) is 0 Å². The minimum absolute atomic E-state index is 0.201. The lowest BCUT2D eigenvalue weighted by molar-refractivity contribution is 0.0953. The molecule has 2 aromatic rings. The van der Waals surface area contributed by atoms with Crippen LogP contribution in [0.3, 0.4) is 0 Å². The molecular weight excluding hydrogens is 290 g/mol. The minimum atomic E-state index is -0.201. The van der Waals surface area contributed by atoms with Crippen molar-refractivity contribution in [3.8, 4) is 5.75 Å². The summed E-state index contributed by atoms with van der Waals surface area (Å²) in [6.45, 7) is 4.76. The predicted molar refractivity (Wildman–Crippen MR) is 92.0 cm³/mol. The number of nitrogens with zero attached hydrogens (tertiary/aromatic N) is 1. The molecule has 2 rings (SSSR count). The van der Waals surface area contributed by atoms with Gasteiger partial charge in [-0.1, -0.05) is 18.2 Å². The third kappa shape index (κ3) is 5.14. The van der Waals surface area contributed by atoms with E-state index in [1.165, 1.54) is 5.56 Å². The Balaban J connectivity index is 1.84. The summed E-state index contributed by atoms with van der Waals surface area (Å²) in [7, 11) is 1.66. The molecule has 0 aliphatic rings. The second-order valence-electron chi connectivity index (χ2n) is 4.96. The van der Waals surface area contributed by atoms with Crippen molar-refractivity contribution in [2.75, 3.05) is 25.5 Å². The molecule has 5 nitrogen and oxygen atoms in total. The molecule has 1 aromatic carbocycles. The van der Waals surface area contributed by atoms with Crippen molar-refractivity contribution in [3.63, 3.8) is 0 Å². The van der Waals surface area contributed by atoms with Gasteiger partial charge in [0.05, 0.1) is 19.0 Å². The van der Waals surface area contributed by atoms with E-state index in [0.717, 1.165) is 24.4 Å². The van der Waals surface area contributed by atoms with Gasteiger partial charge in [0, 0.05) is 13.1 Å². The summed E-state index contributed by atoms with van der Waals surface area (Å²) < 4.78 is 5.21. The number of methoxy groups -OCH3 is 1. The highest BCUT2D eigenvalue weighted by Gasteiger charge is 2.05. The lowest BCUT2D eigenvalue weighted by Gasteiger charge is -2.08. The molecule has 23 heavy (non-hydrogen) atoms. The normalized spacial score (nSPS) is 9.96. The Morgan fingerprint density at radius 1 is 1.35 bits per heavy atom. The number of amides is 1. The molecule has 1 amide bonds. The summed E-state index contributed by atoms with van der Waals surface area (Å²) in [6, 6.07) is 11.5. The summed E-state index contributed by atoms with van der Waals surface area (Å²) in [5, 5.41) is 5.98. The maximum absolute atomic E-state index is 11.7. The number of carbonyl (C=O) groups is 1. The molecule has 0 saturated carbocycles.